The van der Waals surface area contributed by atoms with E-state index in [4.69, 9.17) is 33.7 Å². The molecule has 0 aliphatic heterocycles. The highest BCUT2D eigenvalue weighted by atomic mass is 79.9. The first-order valence-corrected chi connectivity index (χ1v) is 6.65. The van der Waals surface area contributed by atoms with E-state index in [2.05, 4.69) is 20.9 Å². The summed E-state index contributed by atoms with van der Waals surface area (Å²) in [6, 6.07) is 3.89. The molecular formula is C11H6BrCl2N3O3. The Morgan fingerprint density at radius 2 is 1.90 bits per heavy atom. The lowest BCUT2D eigenvalue weighted by Crippen LogP contribution is -1.95. The van der Waals surface area contributed by atoms with Crippen molar-refractivity contribution >= 4 is 50.5 Å². The van der Waals surface area contributed by atoms with Crippen molar-refractivity contribution < 1.29 is 9.66 Å². The first kappa shape index (κ1) is 14.8. The molecular weight excluding hydrogens is 373 g/mol. The summed E-state index contributed by atoms with van der Waals surface area (Å²) in [5.74, 6) is 0.272. The van der Waals surface area contributed by atoms with Crippen LogP contribution in [0.25, 0.3) is 0 Å². The van der Waals surface area contributed by atoms with Crippen molar-refractivity contribution in [3.63, 3.8) is 0 Å². The summed E-state index contributed by atoms with van der Waals surface area (Å²) in [7, 11) is 0. The molecule has 0 aliphatic rings. The molecule has 1 aromatic carbocycles. The van der Waals surface area contributed by atoms with Gasteiger partial charge >= 0.3 is 0 Å². The van der Waals surface area contributed by atoms with Gasteiger partial charge in [0.15, 0.2) is 5.75 Å². The van der Waals surface area contributed by atoms with Crippen LogP contribution in [0.5, 0.6) is 11.6 Å². The number of halogens is 3. The molecule has 1 heterocycles. The summed E-state index contributed by atoms with van der Waals surface area (Å²) in [6.45, 7) is 0. The minimum absolute atomic E-state index is 0.00900. The van der Waals surface area contributed by atoms with E-state index < -0.39 is 4.92 Å². The number of pyridine rings is 1. The zero-order valence-electron chi connectivity index (χ0n) is 9.64. The molecule has 0 saturated carbocycles. The third kappa shape index (κ3) is 3.12. The molecule has 0 unspecified atom stereocenters. The Bertz CT molecular complexity index is 674. The number of nitrogen functional groups attached to an aromatic ring is 1. The van der Waals surface area contributed by atoms with Crippen LogP contribution in [0.15, 0.2) is 28.9 Å². The van der Waals surface area contributed by atoms with Crippen molar-refractivity contribution in [2.45, 2.75) is 0 Å². The molecule has 0 fully saturated rings. The average molecular weight is 379 g/mol. The van der Waals surface area contributed by atoms with Crippen molar-refractivity contribution in [3.8, 4) is 11.6 Å². The van der Waals surface area contributed by atoms with Crippen molar-refractivity contribution in [3.05, 3.63) is 49.0 Å². The van der Waals surface area contributed by atoms with Crippen molar-refractivity contribution in [1.82, 2.24) is 4.98 Å². The average Bonchev–Trinajstić information content (AvgIpc) is 2.35. The SMILES string of the molecule is Nc1cnc(Oc2c(Cl)cc([N+](=O)[O-])cc2Cl)c(Br)c1. The molecule has 0 spiro atoms. The molecule has 20 heavy (non-hydrogen) atoms. The Balaban J connectivity index is 2.41. The van der Waals surface area contributed by atoms with Crippen molar-refractivity contribution in [2.75, 3.05) is 5.73 Å². The summed E-state index contributed by atoms with van der Waals surface area (Å²) in [5, 5.41) is 10.7. The predicted molar refractivity (Wildman–Crippen MR) is 79.5 cm³/mol. The zero-order chi connectivity index (χ0) is 14.9. The maximum Gasteiger partial charge on any atom is 0.272 e. The lowest BCUT2D eigenvalue weighted by atomic mass is 10.3. The maximum absolute atomic E-state index is 10.7. The Hall–Kier alpha value is -1.57. The highest BCUT2D eigenvalue weighted by Crippen LogP contribution is 2.40. The third-order valence-electron chi connectivity index (χ3n) is 2.22. The van der Waals surface area contributed by atoms with E-state index in [1.807, 2.05) is 0 Å². The van der Waals surface area contributed by atoms with Gasteiger partial charge in [0, 0.05) is 12.1 Å². The minimum Gasteiger partial charge on any atom is -0.435 e. The number of anilines is 1. The molecule has 0 atom stereocenters. The highest BCUT2D eigenvalue weighted by molar-refractivity contribution is 9.10. The summed E-state index contributed by atoms with van der Waals surface area (Å²) in [5.41, 5.74) is 5.78. The summed E-state index contributed by atoms with van der Waals surface area (Å²) in [6.07, 6.45) is 1.40. The molecule has 0 bridgehead atoms. The lowest BCUT2D eigenvalue weighted by Gasteiger charge is -2.10. The van der Waals surface area contributed by atoms with Crippen LogP contribution in [0.4, 0.5) is 11.4 Å². The van der Waals surface area contributed by atoms with Crippen LogP contribution in [-0.2, 0) is 0 Å². The second-order valence-electron chi connectivity index (χ2n) is 3.65. The Labute approximate surface area is 131 Å². The number of nitrogens with two attached hydrogens (primary N) is 1. The van der Waals surface area contributed by atoms with Gasteiger partial charge in [0.05, 0.1) is 31.3 Å². The van der Waals surface area contributed by atoms with E-state index in [-0.39, 0.29) is 27.4 Å². The highest BCUT2D eigenvalue weighted by Gasteiger charge is 2.17. The van der Waals surface area contributed by atoms with E-state index >= 15 is 0 Å². The number of nitrogens with zero attached hydrogens (tertiary/aromatic N) is 2. The van der Waals surface area contributed by atoms with Crippen LogP contribution in [0.1, 0.15) is 0 Å². The normalized spacial score (nSPS) is 10.3. The van der Waals surface area contributed by atoms with Crippen LogP contribution in [0.3, 0.4) is 0 Å². The van der Waals surface area contributed by atoms with E-state index in [1.54, 1.807) is 6.07 Å². The second kappa shape index (κ2) is 5.82. The number of ether oxygens (including phenoxy) is 1. The second-order valence-corrected chi connectivity index (χ2v) is 5.32. The zero-order valence-corrected chi connectivity index (χ0v) is 12.7. The Morgan fingerprint density at radius 3 is 2.40 bits per heavy atom. The molecule has 0 radical (unpaired) electrons. The molecule has 0 amide bonds. The van der Waals surface area contributed by atoms with Gasteiger partial charge in [0.2, 0.25) is 5.88 Å². The molecule has 2 rings (SSSR count). The molecule has 0 saturated heterocycles. The number of nitro benzene ring substituents is 1. The van der Waals surface area contributed by atoms with Crippen molar-refractivity contribution in [2.24, 2.45) is 0 Å². The van der Waals surface area contributed by atoms with Gasteiger partial charge in [-0.3, -0.25) is 10.1 Å². The van der Waals surface area contributed by atoms with Crippen molar-refractivity contribution in [1.29, 1.82) is 0 Å². The third-order valence-corrected chi connectivity index (χ3v) is 3.35. The van der Waals surface area contributed by atoms with Crippen LogP contribution in [0.2, 0.25) is 10.0 Å². The molecule has 9 heteroatoms. The fourth-order valence-corrected chi connectivity index (χ4v) is 2.36. The standard InChI is InChI=1S/C11H6BrCl2N3O3/c12-7-1-5(15)4-16-11(7)20-10-8(13)2-6(17(18)19)3-9(10)14/h1-4H,15H2. The van der Waals surface area contributed by atoms with E-state index in [0.29, 0.717) is 10.2 Å². The smallest absolute Gasteiger partial charge is 0.272 e. The number of hydrogen-bond acceptors (Lipinski definition) is 5. The minimum atomic E-state index is -0.598. The summed E-state index contributed by atoms with van der Waals surface area (Å²) in [4.78, 5) is 14.0. The van der Waals surface area contributed by atoms with Gasteiger partial charge in [0.1, 0.15) is 0 Å². The fraction of sp³-hybridized carbons (Fsp3) is 0. The van der Waals surface area contributed by atoms with E-state index in [9.17, 15) is 10.1 Å². The summed E-state index contributed by atoms with van der Waals surface area (Å²) < 4.78 is 5.96. The monoisotopic (exact) mass is 377 g/mol. The van der Waals surface area contributed by atoms with Gasteiger partial charge in [-0.15, -0.1) is 0 Å². The number of rotatable bonds is 3. The molecule has 104 valence electrons. The topological polar surface area (TPSA) is 91.3 Å². The first-order valence-electron chi connectivity index (χ1n) is 5.11. The molecule has 2 N–H and O–H groups in total. The predicted octanol–water partition coefficient (Wildman–Crippen LogP) is 4.43. The number of hydrogen-bond donors (Lipinski definition) is 1. The van der Waals surface area contributed by atoms with Gasteiger partial charge in [-0.1, -0.05) is 23.2 Å². The summed E-state index contributed by atoms with van der Waals surface area (Å²) >= 11 is 15.1. The van der Waals surface area contributed by atoms with Gasteiger partial charge in [-0.2, -0.15) is 0 Å². The molecule has 6 nitrogen and oxygen atoms in total. The largest absolute Gasteiger partial charge is 0.435 e. The number of aromatic nitrogens is 1. The van der Waals surface area contributed by atoms with Gasteiger partial charge in [0.25, 0.3) is 5.69 Å². The number of non-ortho nitro benzene ring substituents is 1. The first-order chi connectivity index (χ1) is 9.38. The Morgan fingerprint density at radius 1 is 1.30 bits per heavy atom. The van der Waals surface area contributed by atoms with Gasteiger partial charge < -0.3 is 10.5 Å². The van der Waals surface area contributed by atoms with Crippen LogP contribution in [-0.4, -0.2) is 9.91 Å². The number of nitro groups is 1. The molecule has 2 aromatic rings. The Kier molecular flexibility index (Phi) is 4.32. The van der Waals surface area contributed by atoms with E-state index in [1.165, 1.54) is 6.20 Å². The fourth-order valence-electron chi connectivity index (χ4n) is 1.36. The number of benzene rings is 1. The quantitative estimate of drug-likeness (QED) is 0.629. The molecule has 0 aliphatic carbocycles. The van der Waals surface area contributed by atoms with Gasteiger partial charge in [-0.25, -0.2) is 4.98 Å². The van der Waals surface area contributed by atoms with Crippen LogP contribution >= 0.6 is 39.1 Å². The van der Waals surface area contributed by atoms with E-state index in [0.717, 1.165) is 12.1 Å². The molecule has 1 aromatic heterocycles. The maximum atomic E-state index is 10.7. The van der Waals surface area contributed by atoms with Crippen LogP contribution in [0, 0.1) is 10.1 Å². The lowest BCUT2D eigenvalue weighted by molar-refractivity contribution is -0.384. The van der Waals surface area contributed by atoms with Gasteiger partial charge in [-0.05, 0) is 22.0 Å². The van der Waals surface area contributed by atoms with Crippen LogP contribution < -0.4 is 10.5 Å².